The van der Waals surface area contributed by atoms with Crippen molar-refractivity contribution >= 4 is 22.5 Å². The van der Waals surface area contributed by atoms with Gasteiger partial charge in [0.15, 0.2) is 0 Å². The molecule has 96 valence electrons. The van der Waals surface area contributed by atoms with E-state index in [1.807, 2.05) is 6.92 Å². The number of rotatable bonds is 0. The second-order valence-corrected chi connectivity index (χ2v) is 4.58. The van der Waals surface area contributed by atoms with E-state index in [0.717, 1.165) is 29.7 Å². The lowest BCUT2D eigenvalue weighted by Crippen LogP contribution is -2.04. The van der Waals surface area contributed by atoms with Gasteiger partial charge in [-0.3, -0.25) is 4.79 Å². The first-order valence-electron chi connectivity index (χ1n) is 5.90. The van der Waals surface area contributed by atoms with Crippen molar-refractivity contribution in [3.8, 4) is 0 Å². The Morgan fingerprint density at radius 2 is 2.06 bits per heavy atom. The van der Waals surface area contributed by atoms with E-state index < -0.39 is 0 Å². The fourth-order valence-corrected chi connectivity index (χ4v) is 1.96. The van der Waals surface area contributed by atoms with Crippen LogP contribution in [-0.2, 0) is 4.74 Å². The maximum absolute atomic E-state index is 11.1. The second-order valence-electron chi connectivity index (χ2n) is 4.19. The van der Waals surface area contributed by atoms with E-state index in [1.165, 1.54) is 18.9 Å². The first-order chi connectivity index (χ1) is 8.66. The Labute approximate surface area is 110 Å². The molecule has 2 aromatic heterocycles. The average molecular weight is 267 g/mol. The minimum absolute atomic E-state index is 0.118. The van der Waals surface area contributed by atoms with Crippen LogP contribution in [0.25, 0.3) is 10.9 Å². The van der Waals surface area contributed by atoms with Crippen molar-refractivity contribution in [2.75, 3.05) is 13.2 Å². The summed E-state index contributed by atoms with van der Waals surface area (Å²) in [5, 5.41) is 1.30. The van der Waals surface area contributed by atoms with Gasteiger partial charge in [-0.2, -0.15) is 0 Å². The summed E-state index contributed by atoms with van der Waals surface area (Å²) < 4.78 is 4.94. The molecule has 1 aliphatic rings. The molecule has 0 aliphatic carbocycles. The van der Waals surface area contributed by atoms with E-state index in [1.54, 1.807) is 12.3 Å². The molecule has 3 rings (SSSR count). The summed E-state index contributed by atoms with van der Waals surface area (Å²) in [4.78, 5) is 17.7. The summed E-state index contributed by atoms with van der Waals surface area (Å²) in [5.74, 6) is 0. The van der Waals surface area contributed by atoms with Crippen LogP contribution in [0.3, 0.4) is 0 Å². The highest BCUT2D eigenvalue weighted by Crippen LogP contribution is 2.15. The van der Waals surface area contributed by atoms with Crippen LogP contribution in [0.15, 0.2) is 23.1 Å². The van der Waals surface area contributed by atoms with Gasteiger partial charge in [0.2, 0.25) is 5.56 Å². The van der Waals surface area contributed by atoms with Gasteiger partial charge < -0.3 is 9.72 Å². The predicted octanol–water partition coefficient (Wildman–Crippen LogP) is 2.68. The van der Waals surface area contributed by atoms with Crippen LogP contribution in [0.2, 0.25) is 5.15 Å². The minimum Gasteiger partial charge on any atom is -0.381 e. The molecule has 2 aromatic rings. The van der Waals surface area contributed by atoms with Gasteiger partial charge in [-0.15, -0.1) is 0 Å². The Kier molecular flexibility index (Phi) is 4.33. The van der Waals surface area contributed by atoms with E-state index in [9.17, 15) is 4.79 Å². The highest BCUT2D eigenvalue weighted by Gasteiger charge is 2.00. The Morgan fingerprint density at radius 1 is 1.33 bits per heavy atom. The summed E-state index contributed by atoms with van der Waals surface area (Å²) in [7, 11) is 0. The number of aromatic nitrogens is 2. The molecular formula is C13H15ClN2O2. The number of hydrogen-bond donors (Lipinski definition) is 1. The lowest BCUT2D eigenvalue weighted by Gasteiger charge is -2.00. The highest BCUT2D eigenvalue weighted by molar-refractivity contribution is 6.30. The van der Waals surface area contributed by atoms with Gasteiger partial charge >= 0.3 is 0 Å². The average Bonchev–Trinajstić information content (AvgIpc) is 2.86. The molecule has 1 aliphatic heterocycles. The van der Waals surface area contributed by atoms with Gasteiger partial charge in [0, 0.05) is 30.9 Å². The van der Waals surface area contributed by atoms with E-state index in [2.05, 4.69) is 9.97 Å². The Morgan fingerprint density at radius 3 is 2.67 bits per heavy atom. The number of aromatic amines is 1. The first-order valence-corrected chi connectivity index (χ1v) is 6.27. The molecular weight excluding hydrogens is 252 g/mol. The van der Waals surface area contributed by atoms with Crippen LogP contribution in [0.1, 0.15) is 18.4 Å². The van der Waals surface area contributed by atoms with Crippen LogP contribution < -0.4 is 5.56 Å². The summed E-state index contributed by atoms with van der Waals surface area (Å²) in [6.07, 6.45) is 4.21. The number of ether oxygens (including phenoxy) is 1. The zero-order valence-electron chi connectivity index (χ0n) is 10.2. The molecule has 0 atom stereocenters. The monoisotopic (exact) mass is 266 g/mol. The maximum Gasteiger partial charge on any atom is 0.248 e. The number of pyridine rings is 2. The third-order valence-electron chi connectivity index (χ3n) is 2.73. The molecule has 18 heavy (non-hydrogen) atoms. The molecule has 1 N–H and O–H groups in total. The summed E-state index contributed by atoms with van der Waals surface area (Å²) in [6, 6.07) is 3.18. The number of H-pyrrole nitrogens is 1. The zero-order valence-corrected chi connectivity index (χ0v) is 11.0. The van der Waals surface area contributed by atoms with Gasteiger partial charge in [0.1, 0.15) is 5.15 Å². The van der Waals surface area contributed by atoms with Gasteiger partial charge in [-0.1, -0.05) is 11.6 Å². The molecule has 1 fully saturated rings. The van der Waals surface area contributed by atoms with Crippen LogP contribution in [0, 0.1) is 6.92 Å². The summed E-state index contributed by atoms with van der Waals surface area (Å²) in [5.41, 5.74) is 1.51. The second kappa shape index (κ2) is 5.98. The Balaban J connectivity index is 0.000000202. The van der Waals surface area contributed by atoms with Crippen molar-refractivity contribution in [3.05, 3.63) is 39.4 Å². The number of hydrogen-bond acceptors (Lipinski definition) is 3. The molecule has 0 unspecified atom stereocenters. The van der Waals surface area contributed by atoms with Crippen molar-refractivity contribution < 1.29 is 4.74 Å². The number of aryl methyl sites for hydroxylation is 1. The van der Waals surface area contributed by atoms with Gasteiger partial charge in [-0.05, 0) is 31.4 Å². The Hall–Kier alpha value is -1.39. The third kappa shape index (κ3) is 3.31. The Bertz CT molecular complexity index is 583. The van der Waals surface area contributed by atoms with E-state index in [0.29, 0.717) is 5.15 Å². The SMILES string of the molecule is C1CCOC1.Cc1cc(=O)[nH]c2cc(Cl)ncc12. The quantitative estimate of drug-likeness (QED) is 0.746. The maximum atomic E-state index is 11.1. The molecule has 0 bridgehead atoms. The molecule has 0 aromatic carbocycles. The van der Waals surface area contributed by atoms with Crippen molar-refractivity contribution in [2.45, 2.75) is 19.8 Å². The number of nitrogens with zero attached hydrogens (tertiary/aromatic N) is 1. The molecule has 0 saturated carbocycles. The summed E-state index contributed by atoms with van der Waals surface area (Å²) >= 11 is 5.69. The van der Waals surface area contributed by atoms with Crippen LogP contribution in [0.5, 0.6) is 0 Å². The van der Waals surface area contributed by atoms with Crippen LogP contribution in [0.4, 0.5) is 0 Å². The summed E-state index contributed by atoms with van der Waals surface area (Å²) in [6.45, 7) is 3.87. The van der Waals surface area contributed by atoms with Gasteiger partial charge in [0.25, 0.3) is 0 Å². The highest BCUT2D eigenvalue weighted by atomic mass is 35.5. The third-order valence-corrected chi connectivity index (χ3v) is 2.93. The molecule has 5 heteroatoms. The van der Waals surface area contributed by atoms with Gasteiger partial charge in [-0.25, -0.2) is 4.98 Å². The van der Waals surface area contributed by atoms with Crippen molar-refractivity contribution in [3.63, 3.8) is 0 Å². The minimum atomic E-state index is -0.118. The van der Waals surface area contributed by atoms with Gasteiger partial charge in [0.05, 0.1) is 5.52 Å². The zero-order chi connectivity index (χ0) is 13.0. The number of fused-ring (bicyclic) bond motifs is 1. The number of halogens is 1. The molecule has 0 amide bonds. The predicted molar refractivity (Wildman–Crippen MR) is 72.2 cm³/mol. The standard InChI is InChI=1S/C9H7ClN2O.C4H8O/c1-5-2-9(13)12-7-3-8(10)11-4-6(5)7;1-2-4-5-3-1/h2-4H,1H3,(H,12,13);1-4H2. The van der Waals surface area contributed by atoms with E-state index >= 15 is 0 Å². The smallest absolute Gasteiger partial charge is 0.248 e. The first kappa shape index (κ1) is 13.1. The topological polar surface area (TPSA) is 55.0 Å². The fourth-order valence-electron chi connectivity index (χ4n) is 1.80. The van der Waals surface area contributed by atoms with E-state index in [-0.39, 0.29) is 5.56 Å². The van der Waals surface area contributed by atoms with Crippen molar-refractivity contribution in [2.24, 2.45) is 0 Å². The number of nitrogens with one attached hydrogen (secondary N) is 1. The molecule has 0 radical (unpaired) electrons. The molecule has 3 heterocycles. The lowest BCUT2D eigenvalue weighted by molar-refractivity contribution is 0.198. The largest absolute Gasteiger partial charge is 0.381 e. The normalized spacial score (nSPS) is 14.3. The van der Waals surface area contributed by atoms with Crippen molar-refractivity contribution in [1.29, 1.82) is 0 Å². The molecule has 4 nitrogen and oxygen atoms in total. The fraction of sp³-hybridized carbons (Fsp3) is 0.385. The van der Waals surface area contributed by atoms with Crippen LogP contribution >= 0.6 is 11.6 Å². The van der Waals surface area contributed by atoms with Crippen molar-refractivity contribution in [1.82, 2.24) is 9.97 Å². The molecule has 1 saturated heterocycles. The van der Waals surface area contributed by atoms with Crippen LogP contribution in [-0.4, -0.2) is 23.2 Å². The van der Waals surface area contributed by atoms with E-state index in [4.69, 9.17) is 16.3 Å². The lowest BCUT2D eigenvalue weighted by atomic mass is 10.2. The molecule has 0 spiro atoms.